The maximum atomic E-state index is 14.2. The lowest BCUT2D eigenvalue weighted by Crippen LogP contribution is -2.59. The van der Waals surface area contributed by atoms with Gasteiger partial charge in [0.15, 0.2) is 11.4 Å². The molecule has 1 saturated carbocycles. The van der Waals surface area contributed by atoms with Gasteiger partial charge in [-0.15, -0.1) is 11.3 Å². The van der Waals surface area contributed by atoms with Gasteiger partial charge in [-0.1, -0.05) is 0 Å². The van der Waals surface area contributed by atoms with Crippen LogP contribution in [0.15, 0.2) is 24.5 Å². The van der Waals surface area contributed by atoms with E-state index in [9.17, 15) is 13.6 Å². The van der Waals surface area contributed by atoms with Crippen LogP contribution in [0.5, 0.6) is 5.75 Å². The Kier molecular flexibility index (Phi) is 4.99. The summed E-state index contributed by atoms with van der Waals surface area (Å²) in [4.78, 5) is 18.1. The Morgan fingerprint density at radius 2 is 2.24 bits per heavy atom. The highest BCUT2D eigenvalue weighted by Gasteiger charge is 2.46. The van der Waals surface area contributed by atoms with E-state index in [1.54, 1.807) is 36.2 Å². The number of alkyl halides is 2. The van der Waals surface area contributed by atoms with E-state index in [4.69, 9.17) is 10.5 Å². The smallest absolute Gasteiger partial charge is 0.269 e. The predicted molar refractivity (Wildman–Crippen MR) is 106 cm³/mol. The van der Waals surface area contributed by atoms with E-state index >= 15 is 0 Å². The van der Waals surface area contributed by atoms with Gasteiger partial charge in [0, 0.05) is 29.0 Å². The standard InChI is InChI=1S/C19H21F2N5O2S/c1-10-12(14-7-16-23-8-11(28-2)9-26(16)25-14)6-15(29-10)18(27)24-17-13(22)4-3-5-19(17,20)21/h6-9,13,17H,3-5,22H2,1-2H3,(H,24,27). The van der Waals surface area contributed by atoms with Gasteiger partial charge in [0.2, 0.25) is 0 Å². The molecule has 1 fully saturated rings. The fourth-order valence-electron chi connectivity index (χ4n) is 3.58. The van der Waals surface area contributed by atoms with Crippen LogP contribution in [0.4, 0.5) is 8.78 Å². The van der Waals surface area contributed by atoms with E-state index in [0.29, 0.717) is 34.8 Å². The second-order valence-corrected chi connectivity index (χ2v) is 8.43. The second-order valence-electron chi connectivity index (χ2n) is 7.17. The lowest BCUT2D eigenvalue weighted by Gasteiger charge is -2.36. The molecule has 0 spiro atoms. The molecule has 3 aromatic heterocycles. The Labute approximate surface area is 169 Å². The average molecular weight is 421 g/mol. The molecular formula is C19H21F2N5O2S. The van der Waals surface area contributed by atoms with Crippen molar-refractivity contribution in [2.75, 3.05) is 7.11 Å². The number of aryl methyl sites for hydroxylation is 1. The summed E-state index contributed by atoms with van der Waals surface area (Å²) in [6, 6.07) is 1.34. The molecule has 154 valence electrons. The van der Waals surface area contributed by atoms with Gasteiger partial charge >= 0.3 is 0 Å². The van der Waals surface area contributed by atoms with Crippen LogP contribution in [0.25, 0.3) is 16.9 Å². The highest BCUT2D eigenvalue weighted by molar-refractivity contribution is 7.14. The Morgan fingerprint density at radius 3 is 2.97 bits per heavy atom. The van der Waals surface area contributed by atoms with Gasteiger partial charge in [-0.2, -0.15) is 5.10 Å². The maximum absolute atomic E-state index is 14.2. The van der Waals surface area contributed by atoms with Gasteiger partial charge in [0.05, 0.1) is 30.1 Å². The highest BCUT2D eigenvalue weighted by atomic mass is 32.1. The molecule has 1 aliphatic carbocycles. The van der Waals surface area contributed by atoms with Crippen molar-refractivity contribution in [3.8, 4) is 17.0 Å². The van der Waals surface area contributed by atoms with Gasteiger partial charge in [0.1, 0.15) is 6.04 Å². The number of thiophene rings is 1. The summed E-state index contributed by atoms with van der Waals surface area (Å²) in [6.07, 6.45) is 3.85. The minimum atomic E-state index is -3.01. The summed E-state index contributed by atoms with van der Waals surface area (Å²) in [6.45, 7) is 1.86. The summed E-state index contributed by atoms with van der Waals surface area (Å²) in [5, 5.41) is 6.94. The molecule has 1 aliphatic rings. The van der Waals surface area contributed by atoms with Crippen molar-refractivity contribution in [3.05, 3.63) is 34.3 Å². The molecular weight excluding hydrogens is 400 g/mol. The van der Waals surface area contributed by atoms with Crippen molar-refractivity contribution in [1.29, 1.82) is 0 Å². The first-order valence-electron chi connectivity index (χ1n) is 9.23. The number of fused-ring (bicyclic) bond motifs is 1. The number of nitrogens with one attached hydrogen (secondary N) is 1. The molecule has 0 radical (unpaired) electrons. The Bertz CT molecular complexity index is 1060. The van der Waals surface area contributed by atoms with Gasteiger partial charge < -0.3 is 15.8 Å². The number of hydrogen-bond acceptors (Lipinski definition) is 6. The number of amides is 1. The van der Waals surface area contributed by atoms with Gasteiger partial charge in [-0.25, -0.2) is 18.3 Å². The lowest BCUT2D eigenvalue weighted by atomic mass is 9.87. The van der Waals surface area contributed by atoms with Crippen LogP contribution in [0.1, 0.15) is 33.8 Å². The number of carbonyl (C=O) groups excluding carboxylic acids is 1. The number of methoxy groups -OCH3 is 1. The number of aromatic nitrogens is 3. The van der Waals surface area contributed by atoms with Crippen molar-refractivity contribution in [2.45, 2.75) is 44.2 Å². The first kappa shape index (κ1) is 19.7. The third-order valence-corrected chi connectivity index (χ3v) is 6.21. The molecule has 2 atom stereocenters. The van der Waals surface area contributed by atoms with E-state index in [2.05, 4.69) is 15.4 Å². The minimum absolute atomic E-state index is 0.266. The summed E-state index contributed by atoms with van der Waals surface area (Å²) < 4.78 is 35.1. The number of nitrogens with two attached hydrogens (primary N) is 1. The van der Waals surface area contributed by atoms with Crippen LogP contribution >= 0.6 is 11.3 Å². The first-order valence-corrected chi connectivity index (χ1v) is 10.0. The Morgan fingerprint density at radius 1 is 1.45 bits per heavy atom. The van der Waals surface area contributed by atoms with Crippen molar-refractivity contribution in [3.63, 3.8) is 0 Å². The van der Waals surface area contributed by atoms with Gasteiger partial charge in [-0.05, 0) is 25.8 Å². The molecule has 4 rings (SSSR count). The average Bonchev–Trinajstić information content (AvgIpc) is 3.26. The van der Waals surface area contributed by atoms with E-state index < -0.39 is 23.9 Å². The lowest BCUT2D eigenvalue weighted by molar-refractivity contribution is -0.0674. The Hall–Kier alpha value is -2.59. The van der Waals surface area contributed by atoms with Crippen LogP contribution in [-0.2, 0) is 0 Å². The van der Waals surface area contributed by atoms with Crippen LogP contribution in [0, 0.1) is 6.92 Å². The monoisotopic (exact) mass is 421 g/mol. The van der Waals surface area contributed by atoms with Gasteiger partial charge in [-0.3, -0.25) is 4.79 Å². The predicted octanol–water partition coefficient (Wildman–Crippen LogP) is 3.02. The highest BCUT2D eigenvalue weighted by Crippen LogP contribution is 2.34. The van der Waals surface area contributed by atoms with Crippen LogP contribution < -0.4 is 15.8 Å². The second kappa shape index (κ2) is 7.34. The molecule has 29 heavy (non-hydrogen) atoms. The third kappa shape index (κ3) is 3.69. The molecule has 3 heterocycles. The molecule has 2 unspecified atom stereocenters. The Balaban J connectivity index is 1.60. The zero-order valence-corrected chi connectivity index (χ0v) is 16.8. The normalized spacial score (nSPS) is 21.3. The number of rotatable bonds is 4. The molecule has 3 aromatic rings. The molecule has 0 aromatic carbocycles. The van der Waals surface area contributed by atoms with Crippen LogP contribution in [0.2, 0.25) is 0 Å². The third-order valence-electron chi connectivity index (χ3n) is 5.16. The van der Waals surface area contributed by atoms with Crippen molar-refractivity contribution < 1.29 is 18.3 Å². The zero-order chi connectivity index (χ0) is 20.8. The summed E-state index contributed by atoms with van der Waals surface area (Å²) in [7, 11) is 1.54. The largest absolute Gasteiger partial charge is 0.494 e. The van der Waals surface area contributed by atoms with Crippen LogP contribution in [0.3, 0.4) is 0 Å². The number of nitrogens with zero attached hydrogens (tertiary/aromatic N) is 3. The molecule has 0 bridgehead atoms. The summed E-state index contributed by atoms with van der Waals surface area (Å²) in [5.74, 6) is -2.98. The molecule has 1 amide bonds. The van der Waals surface area contributed by atoms with Crippen molar-refractivity contribution >= 4 is 22.9 Å². The van der Waals surface area contributed by atoms with Crippen LogP contribution in [-0.4, -0.2) is 45.6 Å². The SMILES string of the molecule is COc1cnc2cc(-c3cc(C(=O)NC4C(N)CCCC4(F)F)sc3C)nn2c1. The molecule has 3 N–H and O–H groups in total. The number of halogens is 2. The van der Waals surface area contributed by atoms with E-state index in [0.717, 1.165) is 10.4 Å². The van der Waals surface area contributed by atoms with E-state index in [1.807, 2.05) is 6.92 Å². The minimum Gasteiger partial charge on any atom is -0.494 e. The fraction of sp³-hybridized carbons (Fsp3) is 0.421. The molecule has 0 saturated heterocycles. The topological polar surface area (TPSA) is 94.5 Å². The van der Waals surface area contributed by atoms with Crippen molar-refractivity contribution in [2.24, 2.45) is 5.73 Å². The van der Waals surface area contributed by atoms with E-state index in [1.165, 1.54) is 11.3 Å². The number of hydrogen-bond donors (Lipinski definition) is 2. The quantitative estimate of drug-likeness (QED) is 0.675. The number of ether oxygens (including phenoxy) is 1. The van der Waals surface area contributed by atoms with E-state index in [-0.39, 0.29) is 6.42 Å². The summed E-state index contributed by atoms with van der Waals surface area (Å²) >= 11 is 1.23. The van der Waals surface area contributed by atoms with Gasteiger partial charge in [0.25, 0.3) is 11.8 Å². The first-order chi connectivity index (χ1) is 13.8. The molecule has 0 aliphatic heterocycles. The zero-order valence-electron chi connectivity index (χ0n) is 16.0. The molecule has 10 heteroatoms. The number of carbonyl (C=O) groups is 1. The maximum Gasteiger partial charge on any atom is 0.269 e. The van der Waals surface area contributed by atoms with Crippen molar-refractivity contribution in [1.82, 2.24) is 19.9 Å². The molecule has 7 nitrogen and oxygen atoms in total. The summed E-state index contributed by atoms with van der Waals surface area (Å²) in [5.41, 5.74) is 7.87. The fourth-order valence-corrected chi connectivity index (χ4v) is 4.51.